The molecule has 1 aliphatic rings. The topological polar surface area (TPSA) is 49.8 Å². The first-order valence-electron chi connectivity index (χ1n) is 6.53. The molecular weight excluding hydrogens is 218 g/mol. The highest BCUT2D eigenvalue weighted by molar-refractivity contribution is 5.71. The van der Waals surface area contributed by atoms with E-state index in [0.717, 1.165) is 26.1 Å². The molecule has 17 heavy (non-hydrogen) atoms. The van der Waals surface area contributed by atoms with E-state index in [-0.39, 0.29) is 11.8 Å². The Morgan fingerprint density at radius 2 is 2.12 bits per heavy atom. The Bertz CT molecular complexity index is 243. The average Bonchev–Trinajstić information content (AvgIpc) is 2.59. The van der Waals surface area contributed by atoms with Gasteiger partial charge < -0.3 is 9.84 Å². The zero-order valence-electron chi connectivity index (χ0n) is 11.2. The minimum Gasteiger partial charge on any atom is -0.481 e. The van der Waals surface area contributed by atoms with Crippen molar-refractivity contribution in [1.29, 1.82) is 0 Å². The summed E-state index contributed by atoms with van der Waals surface area (Å²) in [5.41, 5.74) is 0. The summed E-state index contributed by atoms with van der Waals surface area (Å²) in [5, 5.41) is 9.01. The van der Waals surface area contributed by atoms with Gasteiger partial charge in [-0.25, -0.2) is 0 Å². The third-order valence-electron chi connectivity index (χ3n) is 3.40. The Balaban J connectivity index is 2.11. The Morgan fingerprint density at radius 1 is 1.41 bits per heavy atom. The van der Waals surface area contributed by atoms with Crippen LogP contribution in [-0.4, -0.2) is 48.8 Å². The van der Waals surface area contributed by atoms with Crippen LogP contribution in [0.1, 0.15) is 27.2 Å². The molecule has 1 saturated heterocycles. The molecule has 0 radical (unpaired) electrons. The lowest BCUT2D eigenvalue weighted by Crippen LogP contribution is -2.27. The molecule has 1 fully saturated rings. The Morgan fingerprint density at radius 3 is 2.65 bits per heavy atom. The predicted octanol–water partition coefficient (Wildman–Crippen LogP) is 1.70. The van der Waals surface area contributed by atoms with Crippen LogP contribution in [0.15, 0.2) is 0 Å². The number of likely N-dealkylation sites (tertiary alicyclic amines) is 1. The van der Waals surface area contributed by atoms with Gasteiger partial charge in [-0.05, 0) is 18.3 Å². The van der Waals surface area contributed by atoms with E-state index >= 15 is 0 Å². The number of carbonyl (C=O) groups is 1. The standard InChI is InChI=1S/C13H25NO3/c1-10(2)4-6-17-7-5-14-8-11(3)12(9-14)13(15)16/h10-12H,4-9H2,1-3H3,(H,15,16)/t11-,12-/m1/s1. The maximum atomic E-state index is 11.0. The summed E-state index contributed by atoms with van der Waals surface area (Å²) >= 11 is 0. The van der Waals surface area contributed by atoms with E-state index in [1.54, 1.807) is 0 Å². The van der Waals surface area contributed by atoms with Crippen LogP contribution in [0.25, 0.3) is 0 Å². The molecule has 0 aromatic heterocycles. The maximum Gasteiger partial charge on any atom is 0.308 e. The fourth-order valence-corrected chi connectivity index (χ4v) is 2.19. The van der Waals surface area contributed by atoms with Crippen molar-refractivity contribution in [2.45, 2.75) is 27.2 Å². The van der Waals surface area contributed by atoms with Crippen LogP contribution in [0.5, 0.6) is 0 Å². The van der Waals surface area contributed by atoms with Crippen molar-refractivity contribution >= 4 is 5.97 Å². The van der Waals surface area contributed by atoms with Crippen molar-refractivity contribution in [3.63, 3.8) is 0 Å². The number of ether oxygens (including phenoxy) is 1. The van der Waals surface area contributed by atoms with Gasteiger partial charge in [-0.15, -0.1) is 0 Å². The minimum atomic E-state index is -0.666. The van der Waals surface area contributed by atoms with Crippen molar-refractivity contribution in [2.75, 3.05) is 32.8 Å². The maximum absolute atomic E-state index is 11.0. The summed E-state index contributed by atoms with van der Waals surface area (Å²) in [7, 11) is 0. The van der Waals surface area contributed by atoms with Crippen molar-refractivity contribution in [3.05, 3.63) is 0 Å². The predicted molar refractivity (Wildman–Crippen MR) is 67.0 cm³/mol. The second-order valence-corrected chi connectivity index (χ2v) is 5.48. The molecule has 2 atom stereocenters. The molecule has 0 amide bonds. The van der Waals surface area contributed by atoms with Crippen LogP contribution in [-0.2, 0) is 9.53 Å². The second kappa shape index (κ2) is 6.97. The van der Waals surface area contributed by atoms with E-state index < -0.39 is 5.97 Å². The lowest BCUT2D eigenvalue weighted by molar-refractivity contribution is -0.142. The van der Waals surface area contributed by atoms with Crippen molar-refractivity contribution < 1.29 is 14.6 Å². The third kappa shape index (κ3) is 5.04. The van der Waals surface area contributed by atoms with E-state index in [9.17, 15) is 4.79 Å². The number of aliphatic carboxylic acids is 1. The summed E-state index contributed by atoms with van der Waals surface area (Å²) in [5.74, 6) is 0.0627. The third-order valence-corrected chi connectivity index (χ3v) is 3.40. The number of rotatable bonds is 7. The van der Waals surface area contributed by atoms with Gasteiger partial charge in [0.1, 0.15) is 0 Å². The smallest absolute Gasteiger partial charge is 0.308 e. The van der Waals surface area contributed by atoms with Crippen molar-refractivity contribution in [1.82, 2.24) is 4.90 Å². The van der Waals surface area contributed by atoms with Crippen molar-refractivity contribution in [3.8, 4) is 0 Å². The van der Waals surface area contributed by atoms with Crippen molar-refractivity contribution in [2.24, 2.45) is 17.8 Å². The zero-order valence-corrected chi connectivity index (χ0v) is 11.2. The summed E-state index contributed by atoms with van der Waals surface area (Å²) in [6.07, 6.45) is 1.09. The Kier molecular flexibility index (Phi) is 5.92. The van der Waals surface area contributed by atoms with E-state index in [2.05, 4.69) is 18.7 Å². The minimum absolute atomic E-state index is 0.203. The number of nitrogens with zero attached hydrogens (tertiary/aromatic N) is 1. The Hall–Kier alpha value is -0.610. The van der Waals surface area contributed by atoms with E-state index in [0.29, 0.717) is 19.1 Å². The van der Waals surface area contributed by atoms with Crippen LogP contribution < -0.4 is 0 Å². The van der Waals surface area contributed by atoms with Gasteiger partial charge in [0.25, 0.3) is 0 Å². The number of carboxylic acid groups (broad SMARTS) is 1. The van der Waals surface area contributed by atoms with Gasteiger partial charge in [-0.3, -0.25) is 9.69 Å². The first kappa shape index (κ1) is 14.5. The van der Waals surface area contributed by atoms with Crippen LogP contribution in [0.2, 0.25) is 0 Å². The van der Waals surface area contributed by atoms with Gasteiger partial charge in [0.05, 0.1) is 12.5 Å². The SMILES string of the molecule is CC(C)CCOCCN1C[C@@H](C)[C@H](C(=O)O)C1. The molecule has 1 rings (SSSR count). The molecule has 0 saturated carbocycles. The summed E-state index contributed by atoms with van der Waals surface area (Å²) in [6.45, 7) is 10.3. The van der Waals surface area contributed by atoms with Crippen LogP contribution in [0.3, 0.4) is 0 Å². The van der Waals surface area contributed by atoms with Gasteiger partial charge in [0.15, 0.2) is 0 Å². The van der Waals surface area contributed by atoms with Crippen LogP contribution in [0.4, 0.5) is 0 Å². The molecule has 4 nitrogen and oxygen atoms in total. The molecule has 1 aliphatic heterocycles. The first-order chi connectivity index (χ1) is 8.00. The molecule has 4 heteroatoms. The highest BCUT2D eigenvalue weighted by Gasteiger charge is 2.34. The normalized spacial score (nSPS) is 25.6. The lowest BCUT2D eigenvalue weighted by Gasteiger charge is -2.15. The summed E-state index contributed by atoms with van der Waals surface area (Å²) in [6, 6.07) is 0. The molecule has 0 aromatic carbocycles. The number of hydrogen-bond acceptors (Lipinski definition) is 3. The largest absolute Gasteiger partial charge is 0.481 e. The highest BCUT2D eigenvalue weighted by Crippen LogP contribution is 2.22. The number of hydrogen-bond donors (Lipinski definition) is 1. The molecule has 0 bridgehead atoms. The summed E-state index contributed by atoms with van der Waals surface area (Å²) < 4.78 is 5.55. The zero-order chi connectivity index (χ0) is 12.8. The van der Waals surface area contributed by atoms with Gasteiger partial charge in [-0.2, -0.15) is 0 Å². The van der Waals surface area contributed by atoms with E-state index in [1.165, 1.54) is 0 Å². The molecule has 0 aromatic rings. The number of carboxylic acids is 1. The van der Waals surface area contributed by atoms with Gasteiger partial charge in [-0.1, -0.05) is 20.8 Å². The fourth-order valence-electron chi connectivity index (χ4n) is 2.19. The molecule has 0 aliphatic carbocycles. The van der Waals surface area contributed by atoms with Gasteiger partial charge >= 0.3 is 5.97 Å². The highest BCUT2D eigenvalue weighted by atomic mass is 16.5. The quantitative estimate of drug-likeness (QED) is 0.691. The van der Waals surface area contributed by atoms with Gasteiger partial charge in [0.2, 0.25) is 0 Å². The average molecular weight is 243 g/mol. The fraction of sp³-hybridized carbons (Fsp3) is 0.923. The Labute approximate surface area is 104 Å². The lowest BCUT2D eigenvalue weighted by atomic mass is 9.99. The van der Waals surface area contributed by atoms with E-state index in [4.69, 9.17) is 9.84 Å². The van der Waals surface area contributed by atoms with Crippen LogP contribution in [0, 0.1) is 17.8 Å². The molecule has 1 heterocycles. The van der Waals surface area contributed by atoms with E-state index in [1.807, 2.05) is 6.92 Å². The molecular formula is C13H25NO3. The van der Waals surface area contributed by atoms with Gasteiger partial charge in [0, 0.05) is 26.2 Å². The first-order valence-corrected chi connectivity index (χ1v) is 6.53. The second-order valence-electron chi connectivity index (χ2n) is 5.48. The molecule has 0 spiro atoms. The molecule has 0 unspecified atom stereocenters. The molecule has 1 N–H and O–H groups in total. The molecule has 100 valence electrons. The summed E-state index contributed by atoms with van der Waals surface area (Å²) in [4.78, 5) is 13.1. The van der Waals surface area contributed by atoms with Crippen LogP contribution >= 0.6 is 0 Å². The monoisotopic (exact) mass is 243 g/mol.